The van der Waals surface area contributed by atoms with Crippen LogP contribution in [-0.4, -0.2) is 31.3 Å². The first kappa shape index (κ1) is 20.6. The van der Waals surface area contributed by atoms with Gasteiger partial charge in [-0.1, -0.05) is 0 Å². The number of thiophene rings is 1. The van der Waals surface area contributed by atoms with Crippen molar-refractivity contribution in [1.29, 1.82) is 5.41 Å². The predicted octanol–water partition coefficient (Wildman–Crippen LogP) is 4.98. The van der Waals surface area contributed by atoms with Crippen LogP contribution in [0.1, 0.15) is 4.88 Å². The molecule has 9 heteroatoms. The number of thiazole rings is 1. The van der Waals surface area contributed by atoms with Crippen LogP contribution in [-0.2, 0) is 0 Å². The molecule has 138 valence electrons. The largest absolute Gasteiger partial charge is 0.497 e. The van der Waals surface area contributed by atoms with Gasteiger partial charge in [0.25, 0.3) is 0 Å². The van der Waals surface area contributed by atoms with E-state index in [9.17, 15) is 0 Å². The first-order chi connectivity index (χ1) is 12.1. The Labute approximate surface area is 170 Å². The molecule has 3 aromatic rings. The van der Waals surface area contributed by atoms with E-state index in [2.05, 4.69) is 0 Å². The number of halogens is 1. The first-order valence-electron chi connectivity index (χ1n) is 7.28. The number of benzene rings is 1. The third-order valence-corrected chi connectivity index (χ3v) is 6.75. The Hall–Kier alpha value is -1.74. The van der Waals surface area contributed by atoms with Crippen LogP contribution in [0, 0.1) is 5.41 Å². The maximum absolute atomic E-state index is 7.65. The summed E-state index contributed by atoms with van der Waals surface area (Å²) in [5.41, 5.74) is 8.36. The Morgan fingerprint density at radius 1 is 1.19 bits per heavy atom. The van der Waals surface area contributed by atoms with Gasteiger partial charge in [0.2, 0.25) is 0 Å². The molecule has 3 N–H and O–H groups in total. The van der Waals surface area contributed by atoms with E-state index in [1.54, 1.807) is 37.3 Å². The molecule has 0 amide bonds. The van der Waals surface area contributed by atoms with E-state index in [4.69, 9.17) is 25.6 Å². The summed E-state index contributed by atoms with van der Waals surface area (Å²) < 4.78 is 11.9. The number of nitrogens with one attached hydrogen (secondary N) is 1. The number of thioether (sulfide) groups is 1. The van der Waals surface area contributed by atoms with Gasteiger partial charge in [0.05, 0.1) is 29.0 Å². The van der Waals surface area contributed by atoms with Crippen molar-refractivity contribution in [2.75, 3.05) is 20.5 Å². The molecule has 0 spiro atoms. The molecule has 0 saturated carbocycles. The van der Waals surface area contributed by atoms with Gasteiger partial charge in [-0.15, -0.1) is 46.8 Å². The summed E-state index contributed by atoms with van der Waals surface area (Å²) >= 11 is 4.71. The second-order valence-electron chi connectivity index (χ2n) is 5.03. The van der Waals surface area contributed by atoms with Gasteiger partial charge in [0, 0.05) is 16.5 Å². The Morgan fingerprint density at radius 3 is 2.58 bits per heavy atom. The van der Waals surface area contributed by atoms with E-state index in [1.807, 2.05) is 35.9 Å². The zero-order chi connectivity index (χ0) is 18.0. The second kappa shape index (κ2) is 8.77. The van der Waals surface area contributed by atoms with Gasteiger partial charge < -0.3 is 15.2 Å². The summed E-state index contributed by atoms with van der Waals surface area (Å²) in [7, 11) is 3.28. The molecule has 3 rings (SSSR count). The average Bonchev–Trinajstić information content (AvgIpc) is 3.27. The van der Waals surface area contributed by atoms with Gasteiger partial charge in [-0.05, 0) is 30.5 Å². The van der Waals surface area contributed by atoms with Crippen LogP contribution in [0.25, 0.3) is 21.8 Å². The highest BCUT2D eigenvalue weighted by molar-refractivity contribution is 8.00. The Bertz CT molecular complexity index is 924. The minimum atomic E-state index is 0. The highest BCUT2D eigenvalue weighted by Gasteiger charge is 2.17. The molecule has 5 nitrogen and oxygen atoms in total. The lowest BCUT2D eigenvalue weighted by Gasteiger charge is -2.08. The number of amidine groups is 1. The van der Waals surface area contributed by atoms with Crippen LogP contribution in [0.4, 0.5) is 0 Å². The maximum atomic E-state index is 7.65. The lowest BCUT2D eigenvalue weighted by molar-refractivity contribution is 0.404. The third kappa shape index (κ3) is 3.98. The van der Waals surface area contributed by atoms with Crippen molar-refractivity contribution in [3.05, 3.63) is 34.5 Å². The maximum Gasteiger partial charge on any atom is 0.133 e. The van der Waals surface area contributed by atoms with Crippen molar-refractivity contribution in [2.24, 2.45) is 5.73 Å². The fourth-order valence-corrected chi connectivity index (χ4v) is 5.04. The Morgan fingerprint density at radius 2 is 1.96 bits per heavy atom. The van der Waals surface area contributed by atoms with E-state index in [1.165, 1.54) is 11.3 Å². The molecule has 0 saturated heterocycles. The Balaban J connectivity index is 0.00000243. The predicted molar refractivity (Wildman–Crippen MR) is 114 cm³/mol. The summed E-state index contributed by atoms with van der Waals surface area (Å²) in [6.07, 6.45) is 2.01. The average molecular weight is 428 g/mol. The van der Waals surface area contributed by atoms with Crippen LogP contribution in [0.15, 0.2) is 33.9 Å². The zero-order valence-electron chi connectivity index (χ0n) is 14.4. The fourth-order valence-electron chi connectivity index (χ4n) is 2.34. The van der Waals surface area contributed by atoms with Crippen LogP contribution >= 0.6 is 46.8 Å². The summed E-state index contributed by atoms with van der Waals surface area (Å²) in [4.78, 5) is 5.54. The van der Waals surface area contributed by atoms with Crippen LogP contribution in [0.3, 0.4) is 0 Å². The monoisotopic (exact) mass is 427 g/mol. The van der Waals surface area contributed by atoms with Crippen LogP contribution in [0.5, 0.6) is 11.5 Å². The molecular weight excluding hydrogens is 410 g/mol. The lowest BCUT2D eigenvalue weighted by atomic mass is 10.1. The summed E-state index contributed by atoms with van der Waals surface area (Å²) in [6, 6.07) is 7.59. The minimum absolute atomic E-state index is 0. The third-order valence-electron chi connectivity index (χ3n) is 3.57. The molecule has 0 fully saturated rings. The highest BCUT2D eigenvalue weighted by Crippen LogP contribution is 2.41. The summed E-state index contributed by atoms with van der Waals surface area (Å²) in [5.74, 6) is 1.58. The molecule has 0 bridgehead atoms. The summed E-state index contributed by atoms with van der Waals surface area (Å²) in [5, 5.41) is 10.6. The lowest BCUT2D eigenvalue weighted by Crippen LogP contribution is -2.08. The number of methoxy groups -OCH3 is 2. The summed E-state index contributed by atoms with van der Waals surface area (Å²) in [6.45, 7) is 0. The molecule has 1 aromatic carbocycles. The van der Waals surface area contributed by atoms with Crippen LogP contribution in [0.2, 0.25) is 0 Å². The topological polar surface area (TPSA) is 81.2 Å². The number of rotatable bonds is 6. The van der Waals surface area contributed by atoms with Crippen molar-refractivity contribution in [3.63, 3.8) is 0 Å². The van der Waals surface area contributed by atoms with Crippen molar-refractivity contribution < 1.29 is 9.47 Å². The van der Waals surface area contributed by atoms with Gasteiger partial charge in [0.15, 0.2) is 0 Å². The number of aromatic nitrogens is 1. The van der Waals surface area contributed by atoms with Crippen LogP contribution < -0.4 is 15.2 Å². The molecular formula is C17H18ClN3O2S3. The van der Waals surface area contributed by atoms with Gasteiger partial charge >= 0.3 is 0 Å². The normalized spacial score (nSPS) is 10.3. The number of hydrogen-bond donors (Lipinski definition) is 2. The molecule has 2 heterocycles. The van der Waals surface area contributed by atoms with Crippen molar-refractivity contribution in [3.8, 4) is 33.3 Å². The molecule has 2 aromatic heterocycles. The van der Waals surface area contributed by atoms with Gasteiger partial charge in [-0.3, -0.25) is 5.41 Å². The molecule has 0 atom stereocenters. The van der Waals surface area contributed by atoms with E-state index >= 15 is 0 Å². The van der Waals surface area contributed by atoms with Gasteiger partial charge in [0.1, 0.15) is 22.3 Å². The molecule has 0 aliphatic rings. The number of nitrogens with two attached hydrogens (primary N) is 1. The molecule has 0 radical (unpaired) electrons. The molecule has 0 unspecified atom stereocenters. The molecule has 26 heavy (non-hydrogen) atoms. The van der Waals surface area contributed by atoms with Gasteiger partial charge in [-0.2, -0.15) is 0 Å². The quantitative estimate of drug-likeness (QED) is 0.329. The zero-order valence-corrected chi connectivity index (χ0v) is 17.6. The van der Waals surface area contributed by atoms with E-state index in [0.717, 1.165) is 42.4 Å². The van der Waals surface area contributed by atoms with Crippen molar-refractivity contribution in [2.45, 2.75) is 4.21 Å². The van der Waals surface area contributed by atoms with E-state index in [-0.39, 0.29) is 18.2 Å². The number of ether oxygens (including phenoxy) is 2. The standard InChI is InChI=1S/C17H17N3O2S3.ClH/c1-21-9-4-5-13(22-2)10(6-9)12-8-24-16(20-12)11-7-14(15(18)19)25-17(11)23-3;/h4-8H,1-3H3,(H3,18,19);1H. The number of nitrogen functional groups attached to an aromatic ring is 1. The Kier molecular flexibility index (Phi) is 6.94. The first-order valence-corrected chi connectivity index (χ1v) is 10.2. The minimum Gasteiger partial charge on any atom is -0.497 e. The van der Waals surface area contributed by atoms with E-state index < -0.39 is 0 Å². The second-order valence-corrected chi connectivity index (χ2v) is 8.02. The molecule has 0 aliphatic heterocycles. The fraction of sp³-hybridized carbons (Fsp3) is 0.176. The van der Waals surface area contributed by atoms with E-state index in [0.29, 0.717) is 0 Å². The smallest absolute Gasteiger partial charge is 0.133 e. The SMILES string of the molecule is COc1ccc(OC)c(-c2csc(-c3cc(C(=N)N)sc3SC)n2)c1.Cl. The van der Waals surface area contributed by atoms with Crippen molar-refractivity contribution >= 4 is 52.7 Å². The number of nitrogens with zero attached hydrogens (tertiary/aromatic N) is 1. The van der Waals surface area contributed by atoms with Crippen molar-refractivity contribution in [1.82, 2.24) is 4.98 Å². The number of hydrogen-bond acceptors (Lipinski definition) is 7. The highest BCUT2D eigenvalue weighted by atomic mass is 35.5. The van der Waals surface area contributed by atoms with Gasteiger partial charge in [-0.25, -0.2) is 4.98 Å². The molecule has 0 aliphatic carbocycles.